The zero-order valence-electron chi connectivity index (χ0n) is 14.7. The SMILES string of the molecule is CCN(CCO)Cc1csc(N(C(C)=O)c2cccc(C)c2C)n1. The molecule has 1 N–H and O–H groups in total. The molecule has 0 saturated heterocycles. The number of hydrogen-bond donors (Lipinski definition) is 1. The smallest absolute Gasteiger partial charge is 0.230 e. The Kier molecular flexibility index (Phi) is 6.48. The average Bonchev–Trinajstić information content (AvgIpc) is 2.99. The zero-order chi connectivity index (χ0) is 17.7. The molecule has 130 valence electrons. The standard InChI is InChI=1S/C18H25N3O2S/c1-5-20(9-10-22)11-16-12-24-18(19-16)21(15(4)23)17-8-6-7-13(2)14(17)3/h6-8,12,22H,5,9-11H2,1-4H3. The Morgan fingerprint density at radius 1 is 1.33 bits per heavy atom. The van der Waals surface area contributed by atoms with E-state index in [4.69, 9.17) is 5.11 Å². The first-order chi connectivity index (χ1) is 11.5. The summed E-state index contributed by atoms with van der Waals surface area (Å²) < 4.78 is 0. The quantitative estimate of drug-likeness (QED) is 0.835. The second kappa shape index (κ2) is 8.37. The van der Waals surface area contributed by atoms with Gasteiger partial charge in [0.15, 0.2) is 5.13 Å². The number of aliphatic hydroxyl groups excluding tert-OH is 1. The first-order valence-corrected chi connectivity index (χ1v) is 9.00. The summed E-state index contributed by atoms with van der Waals surface area (Å²) in [5.74, 6) is -0.0488. The summed E-state index contributed by atoms with van der Waals surface area (Å²) in [5, 5.41) is 11.8. The summed E-state index contributed by atoms with van der Waals surface area (Å²) in [4.78, 5) is 20.7. The second-order valence-corrected chi connectivity index (χ2v) is 6.62. The van der Waals surface area contributed by atoms with Gasteiger partial charge in [-0.15, -0.1) is 11.3 Å². The van der Waals surface area contributed by atoms with Gasteiger partial charge in [0.05, 0.1) is 18.0 Å². The number of carbonyl (C=O) groups is 1. The molecule has 0 radical (unpaired) electrons. The van der Waals surface area contributed by atoms with Gasteiger partial charge < -0.3 is 5.11 Å². The molecule has 1 heterocycles. The normalized spacial score (nSPS) is 11.1. The van der Waals surface area contributed by atoms with Crippen molar-refractivity contribution in [3.05, 3.63) is 40.4 Å². The minimum atomic E-state index is -0.0488. The lowest BCUT2D eigenvalue weighted by Crippen LogP contribution is -2.26. The highest BCUT2D eigenvalue weighted by molar-refractivity contribution is 7.14. The lowest BCUT2D eigenvalue weighted by Gasteiger charge is -2.21. The first kappa shape index (κ1) is 18.6. The molecule has 0 fully saturated rings. The van der Waals surface area contributed by atoms with E-state index in [1.165, 1.54) is 11.3 Å². The molecule has 0 unspecified atom stereocenters. The number of amides is 1. The van der Waals surface area contributed by atoms with Gasteiger partial charge in [0.1, 0.15) is 0 Å². The third kappa shape index (κ3) is 4.20. The van der Waals surface area contributed by atoms with Crippen LogP contribution in [0, 0.1) is 13.8 Å². The van der Waals surface area contributed by atoms with Crippen LogP contribution in [0.25, 0.3) is 0 Å². The van der Waals surface area contributed by atoms with Crippen molar-refractivity contribution in [2.45, 2.75) is 34.2 Å². The molecule has 1 aromatic heterocycles. The van der Waals surface area contributed by atoms with Gasteiger partial charge in [-0.3, -0.25) is 14.6 Å². The summed E-state index contributed by atoms with van der Waals surface area (Å²) in [5.41, 5.74) is 4.03. The maximum absolute atomic E-state index is 12.2. The molecule has 2 rings (SSSR count). The number of aliphatic hydroxyl groups is 1. The number of likely N-dealkylation sites (N-methyl/N-ethyl adjacent to an activating group) is 1. The van der Waals surface area contributed by atoms with Crippen LogP contribution in [0.5, 0.6) is 0 Å². The fourth-order valence-corrected chi connectivity index (χ4v) is 3.45. The van der Waals surface area contributed by atoms with Crippen molar-refractivity contribution < 1.29 is 9.90 Å². The third-order valence-corrected chi connectivity index (χ3v) is 4.99. The fourth-order valence-electron chi connectivity index (χ4n) is 2.58. The molecule has 0 aliphatic carbocycles. The Balaban J connectivity index is 2.30. The lowest BCUT2D eigenvalue weighted by atomic mass is 10.1. The van der Waals surface area contributed by atoms with Crippen molar-refractivity contribution in [1.29, 1.82) is 0 Å². The molecule has 2 aromatic rings. The summed E-state index contributed by atoms with van der Waals surface area (Å²) in [7, 11) is 0. The molecule has 1 amide bonds. The number of anilines is 2. The van der Waals surface area contributed by atoms with Gasteiger partial charge in [0.25, 0.3) is 0 Å². The number of nitrogens with zero attached hydrogens (tertiary/aromatic N) is 3. The minimum Gasteiger partial charge on any atom is -0.395 e. The molecule has 1 aromatic carbocycles. The van der Waals surface area contributed by atoms with Crippen molar-refractivity contribution in [3.8, 4) is 0 Å². The fraction of sp³-hybridized carbons (Fsp3) is 0.444. The number of aryl methyl sites for hydroxylation is 1. The number of hydrogen-bond acceptors (Lipinski definition) is 5. The molecule has 0 spiro atoms. The summed E-state index contributed by atoms with van der Waals surface area (Å²) in [6, 6.07) is 5.95. The van der Waals surface area contributed by atoms with Gasteiger partial charge in [0, 0.05) is 25.4 Å². The van der Waals surface area contributed by atoms with E-state index >= 15 is 0 Å². The van der Waals surface area contributed by atoms with E-state index in [0.717, 1.165) is 29.1 Å². The minimum absolute atomic E-state index is 0.0488. The number of carbonyl (C=O) groups excluding carboxylic acids is 1. The highest BCUT2D eigenvalue weighted by Gasteiger charge is 2.20. The first-order valence-electron chi connectivity index (χ1n) is 8.12. The van der Waals surface area contributed by atoms with Gasteiger partial charge in [-0.05, 0) is 37.6 Å². The Hall–Kier alpha value is -1.76. The predicted octanol–water partition coefficient (Wildman–Crippen LogP) is 3.26. The van der Waals surface area contributed by atoms with E-state index in [2.05, 4.69) is 16.8 Å². The largest absolute Gasteiger partial charge is 0.395 e. The maximum Gasteiger partial charge on any atom is 0.230 e. The topological polar surface area (TPSA) is 56.7 Å². The van der Waals surface area contributed by atoms with Gasteiger partial charge in [-0.25, -0.2) is 4.98 Å². The molecule has 0 bridgehead atoms. The van der Waals surface area contributed by atoms with Crippen molar-refractivity contribution in [2.24, 2.45) is 0 Å². The molecule has 0 atom stereocenters. The third-order valence-electron chi connectivity index (χ3n) is 4.11. The maximum atomic E-state index is 12.2. The average molecular weight is 347 g/mol. The lowest BCUT2D eigenvalue weighted by molar-refractivity contribution is -0.115. The molecule has 0 aliphatic heterocycles. The van der Waals surface area contributed by atoms with E-state index in [-0.39, 0.29) is 12.5 Å². The van der Waals surface area contributed by atoms with Crippen LogP contribution in [0.3, 0.4) is 0 Å². The monoisotopic (exact) mass is 347 g/mol. The zero-order valence-corrected chi connectivity index (χ0v) is 15.6. The number of thiazole rings is 1. The molecule has 0 aliphatic rings. The Morgan fingerprint density at radius 3 is 2.71 bits per heavy atom. The van der Waals surface area contributed by atoms with Gasteiger partial charge >= 0.3 is 0 Å². The number of benzene rings is 1. The Labute approximate surface area is 147 Å². The van der Waals surface area contributed by atoms with E-state index in [0.29, 0.717) is 18.2 Å². The second-order valence-electron chi connectivity index (χ2n) is 5.79. The molecular weight excluding hydrogens is 322 g/mol. The van der Waals surface area contributed by atoms with Gasteiger partial charge in [-0.1, -0.05) is 19.1 Å². The molecular formula is C18H25N3O2S. The van der Waals surface area contributed by atoms with Crippen molar-refractivity contribution >= 4 is 28.1 Å². The van der Waals surface area contributed by atoms with Gasteiger partial charge in [0.2, 0.25) is 5.91 Å². The highest BCUT2D eigenvalue weighted by atomic mass is 32.1. The van der Waals surface area contributed by atoms with Crippen molar-refractivity contribution in [1.82, 2.24) is 9.88 Å². The number of aromatic nitrogens is 1. The van der Waals surface area contributed by atoms with E-state index in [9.17, 15) is 4.79 Å². The van der Waals surface area contributed by atoms with Crippen LogP contribution in [0.2, 0.25) is 0 Å². The Morgan fingerprint density at radius 2 is 2.08 bits per heavy atom. The summed E-state index contributed by atoms with van der Waals surface area (Å²) in [6.45, 7) is 9.96. The van der Waals surface area contributed by atoms with E-state index in [1.54, 1.807) is 11.8 Å². The van der Waals surface area contributed by atoms with Crippen LogP contribution in [0.1, 0.15) is 30.7 Å². The van der Waals surface area contributed by atoms with Crippen LogP contribution in [0.15, 0.2) is 23.6 Å². The Bertz CT molecular complexity index is 699. The highest BCUT2D eigenvalue weighted by Crippen LogP contribution is 2.32. The van der Waals surface area contributed by atoms with E-state index < -0.39 is 0 Å². The number of rotatable bonds is 7. The molecule has 24 heavy (non-hydrogen) atoms. The van der Waals surface area contributed by atoms with Crippen LogP contribution in [-0.2, 0) is 11.3 Å². The molecule has 0 saturated carbocycles. The van der Waals surface area contributed by atoms with Crippen molar-refractivity contribution in [3.63, 3.8) is 0 Å². The van der Waals surface area contributed by atoms with Crippen LogP contribution >= 0.6 is 11.3 Å². The van der Waals surface area contributed by atoms with E-state index in [1.807, 2.05) is 37.4 Å². The van der Waals surface area contributed by atoms with Crippen LogP contribution in [0.4, 0.5) is 10.8 Å². The summed E-state index contributed by atoms with van der Waals surface area (Å²) >= 11 is 1.47. The molecule has 6 heteroatoms. The van der Waals surface area contributed by atoms with Gasteiger partial charge in [-0.2, -0.15) is 0 Å². The summed E-state index contributed by atoms with van der Waals surface area (Å²) in [6.07, 6.45) is 0. The molecule has 5 nitrogen and oxygen atoms in total. The van der Waals surface area contributed by atoms with Crippen molar-refractivity contribution in [2.75, 3.05) is 24.6 Å². The van der Waals surface area contributed by atoms with Crippen LogP contribution < -0.4 is 4.90 Å². The van der Waals surface area contributed by atoms with Crippen LogP contribution in [-0.4, -0.2) is 40.6 Å². The predicted molar refractivity (Wildman–Crippen MR) is 98.9 cm³/mol.